The number of likely N-dealkylation sites (N-methyl/N-ethyl adjacent to an activating group) is 2. The molecule has 0 saturated heterocycles. The van der Waals surface area contributed by atoms with E-state index in [2.05, 4.69) is 65.0 Å². The van der Waals surface area contributed by atoms with Crippen LogP contribution in [0, 0.1) is 0 Å². The van der Waals surface area contributed by atoms with Crippen molar-refractivity contribution in [2.24, 2.45) is 0 Å². The summed E-state index contributed by atoms with van der Waals surface area (Å²) in [5.74, 6) is 0. The second-order valence-electron chi connectivity index (χ2n) is 5.84. The molecule has 0 aromatic heterocycles. The standard InChI is InChI=1S/C16H32N2O/c1-13(2)15(17(5)6)9-11-19-12-10-16(14(3)4)18(7)8/h15-16H,1,3,9-12H2,2,4-8H3. The molecule has 112 valence electrons. The van der Waals surface area contributed by atoms with Gasteiger partial charge in [-0.3, -0.25) is 0 Å². The first kappa shape index (κ1) is 18.4. The summed E-state index contributed by atoms with van der Waals surface area (Å²) in [5, 5.41) is 0. The van der Waals surface area contributed by atoms with Crippen LogP contribution in [0.3, 0.4) is 0 Å². The van der Waals surface area contributed by atoms with Crippen LogP contribution in [-0.4, -0.2) is 63.3 Å². The van der Waals surface area contributed by atoms with Crippen molar-refractivity contribution in [3.8, 4) is 0 Å². The normalized spacial score (nSPS) is 14.7. The summed E-state index contributed by atoms with van der Waals surface area (Å²) >= 11 is 0. The summed E-state index contributed by atoms with van der Waals surface area (Å²) in [5.41, 5.74) is 2.39. The van der Waals surface area contributed by atoms with E-state index in [4.69, 9.17) is 4.74 Å². The highest BCUT2D eigenvalue weighted by atomic mass is 16.5. The second kappa shape index (κ2) is 9.29. The highest BCUT2D eigenvalue weighted by Crippen LogP contribution is 2.11. The largest absolute Gasteiger partial charge is 0.381 e. The van der Waals surface area contributed by atoms with Gasteiger partial charge in [0.1, 0.15) is 0 Å². The van der Waals surface area contributed by atoms with E-state index < -0.39 is 0 Å². The van der Waals surface area contributed by atoms with Crippen molar-refractivity contribution in [2.45, 2.75) is 38.8 Å². The molecule has 0 spiro atoms. The first-order valence-electron chi connectivity index (χ1n) is 6.98. The molecule has 3 heteroatoms. The molecule has 2 atom stereocenters. The molecule has 0 N–H and O–H groups in total. The lowest BCUT2D eigenvalue weighted by Crippen LogP contribution is -2.31. The molecule has 0 bridgehead atoms. The van der Waals surface area contributed by atoms with E-state index in [-0.39, 0.29) is 0 Å². The molecule has 0 aliphatic carbocycles. The maximum atomic E-state index is 5.76. The van der Waals surface area contributed by atoms with Crippen molar-refractivity contribution in [3.05, 3.63) is 24.3 Å². The SMILES string of the molecule is C=C(C)C(CCOCCC(C(=C)C)N(C)C)N(C)C. The molecule has 0 radical (unpaired) electrons. The van der Waals surface area contributed by atoms with Crippen molar-refractivity contribution in [1.29, 1.82) is 0 Å². The molecule has 0 aliphatic heterocycles. The first-order valence-corrected chi connectivity index (χ1v) is 6.98. The van der Waals surface area contributed by atoms with Gasteiger partial charge in [0.15, 0.2) is 0 Å². The Labute approximate surface area is 119 Å². The molecule has 0 fully saturated rings. The average molecular weight is 268 g/mol. The fraction of sp³-hybridized carbons (Fsp3) is 0.750. The summed E-state index contributed by atoms with van der Waals surface area (Å²) in [4.78, 5) is 4.39. The number of hydrogen-bond acceptors (Lipinski definition) is 3. The summed E-state index contributed by atoms with van der Waals surface area (Å²) < 4.78 is 5.76. The molecular formula is C16H32N2O. The van der Waals surface area contributed by atoms with Crippen molar-refractivity contribution in [3.63, 3.8) is 0 Å². The third-order valence-corrected chi connectivity index (χ3v) is 3.46. The first-order chi connectivity index (χ1) is 8.77. The third kappa shape index (κ3) is 7.51. The minimum atomic E-state index is 0.408. The molecular weight excluding hydrogens is 236 g/mol. The van der Waals surface area contributed by atoms with Gasteiger partial charge >= 0.3 is 0 Å². The van der Waals surface area contributed by atoms with Crippen LogP contribution in [0.2, 0.25) is 0 Å². The van der Waals surface area contributed by atoms with Gasteiger partial charge < -0.3 is 14.5 Å². The van der Waals surface area contributed by atoms with E-state index >= 15 is 0 Å². The van der Waals surface area contributed by atoms with Crippen molar-refractivity contribution < 1.29 is 4.74 Å². The predicted octanol–water partition coefficient (Wildman–Crippen LogP) is 2.80. The smallest absolute Gasteiger partial charge is 0.0484 e. The monoisotopic (exact) mass is 268 g/mol. The van der Waals surface area contributed by atoms with E-state index in [0.29, 0.717) is 12.1 Å². The highest BCUT2D eigenvalue weighted by molar-refractivity contribution is 5.02. The zero-order chi connectivity index (χ0) is 15.0. The van der Waals surface area contributed by atoms with Gasteiger partial charge in [0.2, 0.25) is 0 Å². The van der Waals surface area contributed by atoms with Crippen molar-refractivity contribution in [2.75, 3.05) is 41.4 Å². The van der Waals surface area contributed by atoms with Crippen LogP contribution in [0.5, 0.6) is 0 Å². The lowest BCUT2D eigenvalue weighted by atomic mass is 10.1. The maximum absolute atomic E-state index is 5.76. The predicted molar refractivity (Wildman–Crippen MR) is 84.6 cm³/mol. The second-order valence-corrected chi connectivity index (χ2v) is 5.84. The molecule has 2 unspecified atom stereocenters. The molecule has 3 nitrogen and oxygen atoms in total. The molecule has 0 aliphatic rings. The lowest BCUT2D eigenvalue weighted by molar-refractivity contribution is 0.101. The summed E-state index contributed by atoms with van der Waals surface area (Å²) in [6.07, 6.45) is 2.00. The van der Waals surface area contributed by atoms with Gasteiger partial charge in [0, 0.05) is 25.3 Å². The minimum Gasteiger partial charge on any atom is -0.381 e. The Kier molecular flexibility index (Phi) is 8.98. The number of hydrogen-bond donors (Lipinski definition) is 0. The Hall–Kier alpha value is -0.640. The molecule has 0 rings (SSSR count). The van der Waals surface area contributed by atoms with E-state index in [1.54, 1.807) is 0 Å². The molecule has 19 heavy (non-hydrogen) atoms. The van der Waals surface area contributed by atoms with Gasteiger partial charge in [0.05, 0.1) is 0 Å². The van der Waals surface area contributed by atoms with Gasteiger partial charge in [-0.25, -0.2) is 0 Å². The number of nitrogens with zero attached hydrogens (tertiary/aromatic N) is 2. The van der Waals surface area contributed by atoms with Crippen LogP contribution in [0.4, 0.5) is 0 Å². The van der Waals surface area contributed by atoms with Gasteiger partial charge in [-0.1, -0.05) is 24.3 Å². The number of ether oxygens (including phenoxy) is 1. The Morgan fingerprint density at radius 3 is 1.37 bits per heavy atom. The van der Waals surface area contributed by atoms with E-state index in [0.717, 1.165) is 26.1 Å². The van der Waals surface area contributed by atoms with E-state index in [1.165, 1.54) is 11.1 Å². The van der Waals surface area contributed by atoms with Crippen LogP contribution < -0.4 is 0 Å². The minimum absolute atomic E-state index is 0.408. The fourth-order valence-corrected chi connectivity index (χ4v) is 2.38. The van der Waals surface area contributed by atoms with Crippen LogP contribution in [-0.2, 0) is 4.74 Å². The quantitative estimate of drug-likeness (QED) is 0.447. The highest BCUT2D eigenvalue weighted by Gasteiger charge is 2.13. The van der Waals surface area contributed by atoms with Crippen molar-refractivity contribution >= 4 is 0 Å². The van der Waals surface area contributed by atoms with Crippen LogP contribution >= 0.6 is 0 Å². The Balaban J connectivity index is 3.92. The lowest BCUT2D eigenvalue weighted by Gasteiger charge is -2.26. The Morgan fingerprint density at radius 2 is 1.16 bits per heavy atom. The molecule has 0 heterocycles. The maximum Gasteiger partial charge on any atom is 0.0484 e. The fourth-order valence-electron chi connectivity index (χ4n) is 2.38. The molecule has 0 amide bonds. The van der Waals surface area contributed by atoms with Crippen LogP contribution in [0.25, 0.3) is 0 Å². The molecule has 0 aromatic rings. The Morgan fingerprint density at radius 1 is 0.842 bits per heavy atom. The third-order valence-electron chi connectivity index (χ3n) is 3.46. The molecule has 0 saturated carbocycles. The zero-order valence-corrected chi connectivity index (χ0v) is 13.7. The van der Waals surface area contributed by atoms with Gasteiger partial charge in [-0.15, -0.1) is 0 Å². The average Bonchev–Trinajstić information content (AvgIpc) is 2.25. The number of rotatable bonds is 10. The van der Waals surface area contributed by atoms with Gasteiger partial charge in [0.25, 0.3) is 0 Å². The van der Waals surface area contributed by atoms with E-state index in [1.807, 2.05) is 0 Å². The van der Waals surface area contributed by atoms with Crippen molar-refractivity contribution in [1.82, 2.24) is 9.80 Å². The van der Waals surface area contributed by atoms with E-state index in [9.17, 15) is 0 Å². The van der Waals surface area contributed by atoms with Crippen LogP contribution in [0.1, 0.15) is 26.7 Å². The van der Waals surface area contributed by atoms with Gasteiger partial charge in [-0.2, -0.15) is 0 Å². The van der Waals surface area contributed by atoms with Crippen LogP contribution in [0.15, 0.2) is 24.3 Å². The van der Waals surface area contributed by atoms with Gasteiger partial charge in [-0.05, 0) is 54.9 Å². The molecule has 0 aromatic carbocycles. The Bertz CT molecular complexity index is 256. The topological polar surface area (TPSA) is 15.7 Å². The zero-order valence-electron chi connectivity index (χ0n) is 13.7. The summed E-state index contributed by atoms with van der Waals surface area (Å²) in [6, 6.07) is 0.816. The summed E-state index contributed by atoms with van der Waals surface area (Å²) in [7, 11) is 8.34. The summed E-state index contributed by atoms with van der Waals surface area (Å²) in [6.45, 7) is 13.8.